The second-order valence-electron chi connectivity index (χ2n) is 11.5. The Morgan fingerprint density at radius 3 is 2.12 bits per heavy atom. The van der Waals surface area contributed by atoms with Crippen molar-refractivity contribution < 1.29 is 36.6 Å². The Morgan fingerprint density at radius 2 is 1.49 bits per heavy atom. The van der Waals surface area contributed by atoms with Crippen LogP contribution in [0.25, 0.3) is 0 Å². The summed E-state index contributed by atoms with van der Waals surface area (Å²) >= 11 is 0. The average Bonchev–Trinajstić information content (AvgIpc) is 3.07. The van der Waals surface area contributed by atoms with Crippen molar-refractivity contribution in [3.05, 3.63) is 130 Å². The second-order valence-corrected chi connectivity index (χ2v) is 13.5. The number of aliphatic hydroxyl groups is 1. The quantitative estimate of drug-likeness (QED) is 0.114. The van der Waals surface area contributed by atoms with Crippen LogP contribution in [0.4, 0.5) is 14.5 Å². The van der Waals surface area contributed by atoms with E-state index in [1.165, 1.54) is 25.1 Å². The van der Waals surface area contributed by atoms with Gasteiger partial charge in [-0.3, -0.25) is 14.3 Å². The number of methoxy groups -OCH3 is 1. The number of anilines is 1. The normalized spacial score (nSPS) is 13.2. The predicted octanol–water partition coefficient (Wildman–Crippen LogP) is 4.72. The third kappa shape index (κ3) is 11.1. The molecule has 5 N–H and O–H groups in total. The molecule has 2 amide bonds. The number of carbonyl (C=O) groups excluding carboxylic acids is 2. The summed E-state index contributed by atoms with van der Waals surface area (Å²) in [4.78, 5) is 27.1. The summed E-state index contributed by atoms with van der Waals surface area (Å²) in [6.45, 7) is 3.57. The van der Waals surface area contributed by atoms with Gasteiger partial charge in [-0.1, -0.05) is 42.5 Å². The van der Waals surface area contributed by atoms with E-state index < -0.39 is 51.7 Å². The SMILES string of the molecule is CCS(=O)(=O)Nc1cc(C(=O)N[C@@H](Cc2cc(F)cc(F)c2)[C@H](O)CNCc2cccc(OC)c2)cc(C(=O)N[C@H](C)c2ccccc2)c1. The van der Waals surface area contributed by atoms with E-state index in [-0.39, 0.29) is 41.1 Å². The van der Waals surface area contributed by atoms with E-state index in [4.69, 9.17) is 4.74 Å². The first-order chi connectivity index (χ1) is 23.3. The number of aliphatic hydroxyl groups excluding tert-OH is 1. The zero-order valence-electron chi connectivity index (χ0n) is 27.4. The van der Waals surface area contributed by atoms with Crippen LogP contribution in [0.5, 0.6) is 5.75 Å². The Hall–Kier alpha value is -4.85. The van der Waals surface area contributed by atoms with Gasteiger partial charge in [0.25, 0.3) is 11.8 Å². The van der Waals surface area contributed by atoms with Crippen molar-refractivity contribution in [3.8, 4) is 5.75 Å². The number of halogens is 2. The molecule has 3 atom stereocenters. The molecule has 0 bridgehead atoms. The van der Waals surface area contributed by atoms with E-state index in [0.717, 1.165) is 29.3 Å². The lowest BCUT2D eigenvalue weighted by molar-refractivity contribution is 0.0830. The molecule has 4 aromatic rings. The van der Waals surface area contributed by atoms with Gasteiger partial charge >= 0.3 is 0 Å². The lowest BCUT2D eigenvalue weighted by Gasteiger charge is -2.25. The van der Waals surface area contributed by atoms with Gasteiger partial charge in [-0.05, 0) is 79.4 Å². The summed E-state index contributed by atoms with van der Waals surface area (Å²) in [5.74, 6) is -2.54. The second kappa shape index (κ2) is 17.0. The van der Waals surface area contributed by atoms with Crippen LogP contribution in [0.2, 0.25) is 0 Å². The fourth-order valence-corrected chi connectivity index (χ4v) is 5.73. The number of benzene rings is 4. The number of hydrogen-bond donors (Lipinski definition) is 5. The van der Waals surface area contributed by atoms with Crippen molar-refractivity contribution in [2.45, 2.75) is 45.0 Å². The minimum atomic E-state index is -3.79. The van der Waals surface area contributed by atoms with Crippen LogP contribution in [0.3, 0.4) is 0 Å². The van der Waals surface area contributed by atoms with Crippen LogP contribution in [0.15, 0.2) is 91.0 Å². The molecule has 13 heteroatoms. The fourth-order valence-electron chi connectivity index (χ4n) is 5.11. The van der Waals surface area contributed by atoms with Gasteiger partial charge in [-0.25, -0.2) is 17.2 Å². The Bertz CT molecular complexity index is 1840. The lowest BCUT2D eigenvalue weighted by atomic mass is 9.99. The maximum absolute atomic E-state index is 14.1. The maximum atomic E-state index is 14.1. The van der Waals surface area contributed by atoms with Gasteiger partial charge in [-0.15, -0.1) is 0 Å². The molecule has 0 aliphatic carbocycles. The molecule has 0 heterocycles. The molecule has 0 aromatic heterocycles. The number of sulfonamides is 1. The van der Waals surface area contributed by atoms with Crippen LogP contribution in [-0.2, 0) is 23.0 Å². The van der Waals surface area contributed by atoms with Gasteiger partial charge in [0.1, 0.15) is 17.4 Å². The predicted molar refractivity (Wildman–Crippen MR) is 184 cm³/mol. The smallest absolute Gasteiger partial charge is 0.251 e. The minimum Gasteiger partial charge on any atom is -0.497 e. The van der Waals surface area contributed by atoms with Gasteiger partial charge in [0, 0.05) is 30.3 Å². The van der Waals surface area contributed by atoms with Crippen molar-refractivity contribution in [3.63, 3.8) is 0 Å². The third-order valence-corrected chi connectivity index (χ3v) is 9.04. The van der Waals surface area contributed by atoms with Crippen LogP contribution in [0, 0.1) is 11.6 Å². The zero-order valence-corrected chi connectivity index (χ0v) is 28.2. The molecule has 260 valence electrons. The number of amides is 2. The first-order valence-corrected chi connectivity index (χ1v) is 17.3. The first kappa shape index (κ1) is 37.0. The summed E-state index contributed by atoms with van der Waals surface area (Å²) < 4.78 is 60.7. The molecule has 4 aromatic carbocycles. The van der Waals surface area contributed by atoms with Gasteiger partial charge in [0.2, 0.25) is 10.0 Å². The van der Waals surface area contributed by atoms with E-state index >= 15 is 0 Å². The largest absolute Gasteiger partial charge is 0.497 e. The number of ether oxygens (including phenoxy) is 1. The topological polar surface area (TPSA) is 146 Å². The van der Waals surface area contributed by atoms with Crippen LogP contribution < -0.4 is 25.4 Å². The average molecular weight is 695 g/mol. The Balaban J connectivity index is 1.60. The number of hydrogen-bond acceptors (Lipinski definition) is 7. The molecule has 0 radical (unpaired) electrons. The molecule has 0 saturated heterocycles. The Kier molecular flexibility index (Phi) is 12.8. The molecular weight excluding hydrogens is 654 g/mol. The molecule has 0 aliphatic heterocycles. The van der Waals surface area contributed by atoms with E-state index in [0.29, 0.717) is 12.3 Å². The first-order valence-electron chi connectivity index (χ1n) is 15.6. The van der Waals surface area contributed by atoms with Gasteiger partial charge < -0.3 is 25.8 Å². The van der Waals surface area contributed by atoms with Crippen LogP contribution >= 0.6 is 0 Å². The number of nitrogens with one attached hydrogen (secondary N) is 4. The van der Waals surface area contributed by atoms with Gasteiger partial charge in [0.15, 0.2) is 0 Å². The van der Waals surface area contributed by atoms with E-state index in [9.17, 15) is 31.9 Å². The monoisotopic (exact) mass is 694 g/mol. The molecule has 0 aliphatic rings. The molecule has 49 heavy (non-hydrogen) atoms. The molecule has 0 unspecified atom stereocenters. The van der Waals surface area contributed by atoms with E-state index in [1.807, 2.05) is 48.5 Å². The highest BCUT2D eigenvalue weighted by atomic mass is 32.2. The van der Waals surface area contributed by atoms with Gasteiger partial charge in [-0.2, -0.15) is 0 Å². The molecule has 10 nitrogen and oxygen atoms in total. The van der Waals surface area contributed by atoms with Crippen LogP contribution in [-0.4, -0.2) is 56.9 Å². The van der Waals surface area contributed by atoms with E-state index in [2.05, 4.69) is 20.7 Å². The van der Waals surface area contributed by atoms with E-state index in [1.54, 1.807) is 20.1 Å². The van der Waals surface area contributed by atoms with Crippen molar-refractivity contribution in [1.82, 2.24) is 16.0 Å². The van der Waals surface area contributed by atoms with Crippen molar-refractivity contribution in [2.24, 2.45) is 0 Å². The molecular formula is C36H40F2N4O6S. The summed E-state index contributed by atoms with van der Waals surface area (Å²) in [5.41, 5.74) is 1.81. The molecule has 4 rings (SSSR count). The van der Waals surface area contributed by atoms with Crippen LogP contribution in [0.1, 0.15) is 57.3 Å². The third-order valence-electron chi connectivity index (χ3n) is 7.73. The maximum Gasteiger partial charge on any atom is 0.251 e. The highest BCUT2D eigenvalue weighted by Crippen LogP contribution is 2.20. The Labute approximate surface area is 285 Å². The zero-order chi connectivity index (χ0) is 35.6. The Morgan fingerprint density at radius 1 is 0.837 bits per heavy atom. The molecule has 0 spiro atoms. The van der Waals surface area contributed by atoms with Gasteiger partial charge in [0.05, 0.1) is 36.7 Å². The summed E-state index contributed by atoms with van der Waals surface area (Å²) in [7, 11) is -2.24. The summed E-state index contributed by atoms with van der Waals surface area (Å²) in [6, 6.07) is 21.9. The highest BCUT2D eigenvalue weighted by molar-refractivity contribution is 7.92. The lowest BCUT2D eigenvalue weighted by Crippen LogP contribution is -2.48. The minimum absolute atomic E-state index is 0.00786. The van der Waals surface area contributed by atoms with Crippen molar-refractivity contribution in [2.75, 3.05) is 24.1 Å². The summed E-state index contributed by atoms with van der Waals surface area (Å²) in [5, 5.41) is 19.9. The highest BCUT2D eigenvalue weighted by Gasteiger charge is 2.25. The van der Waals surface area contributed by atoms with Crippen molar-refractivity contribution in [1.29, 1.82) is 0 Å². The molecule has 0 fully saturated rings. The number of rotatable bonds is 16. The standard InChI is InChI=1S/C36H40F2N4O6S/c1-4-49(46,47)42-31-18-27(35(44)40-23(2)26-10-6-5-7-11-26)17-28(19-31)36(45)41-33(16-25-13-29(37)20-30(38)14-25)34(43)22-39-21-24-9-8-12-32(15-24)48-3/h5-15,17-20,23,33-34,39,42-43H,4,16,21-22H2,1-3H3,(H,40,44)(H,41,45)/t23-,33+,34-/m1/s1. The van der Waals surface area contributed by atoms with Crippen molar-refractivity contribution >= 4 is 27.5 Å². The number of carbonyl (C=O) groups is 2. The fraction of sp³-hybridized carbons (Fsp3) is 0.278. The summed E-state index contributed by atoms with van der Waals surface area (Å²) in [6.07, 6.45) is -1.39. The molecule has 0 saturated carbocycles.